The third-order valence-corrected chi connectivity index (χ3v) is 4.46. The van der Waals surface area contributed by atoms with Crippen LogP contribution in [0.15, 0.2) is 48.1 Å². The molecule has 5 nitrogen and oxygen atoms in total. The van der Waals surface area contributed by atoms with E-state index in [1.165, 1.54) is 11.0 Å². The Labute approximate surface area is 140 Å². The number of benzene rings is 1. The van der Waals surface area contributed by atoms with Crippen LogP contribution in [0.3, 0.4) is 0 Å². The van der Waals surface area contributed by atoms with Crippen LogP contribution in [-0.2, 0) is 14.4 Å². The lowest BCUT2D eigenvalue weighted by atomic mass is 9.82. The van der Waals surface area contributed by atoms with E-state index in [0.717, 1.165) is 5.57 Å². The highest BCUT2D eigenvalue weighted by Gasteiger charge is 2.48. The van der Waals surface area contributed by atoms with E-state index in [1.807, 2.05) is 13.0 Å². The minimum absolute atomic E-state index is 0.180. The number of carbonyl (C=O) groups excluding carboxylic acids is 3. The lowest BCUT2D eigenvalue weighted by molar-refractivity contribution is -0.130. The standard InChI is InChI=1S/C19H19NO4/c1-11(2)19(23)24-14-6-4-5-13(10-14)20-17(21)15-8-7-12(3)9-16(15)18(20)22/h4-7,10,15-16H,1,8-9H2,2-3H3/t15-,16-/m1/s1. The zero-order valence-corrected chi connectivity index (χ0v) is 13.7. The summed E-state index contributed by atoms with van der Waals surface area (Å²) in [6.45, 7) is 7.07. The number of hydrogen-bond donors (Lipinski definition) is 0. The number of nitrogens with zero attached hydrogens (tertiary/aromatic N) is 1. The molecule has 0 saturated carbocycles. The van der Waals surface area contributed by atoms with Gasteiger partial charge < -0.3 is 4.74 Å². The van der Waals surface area contributed by atoms with Gasteiger partial charge in [-0.05, 0) is 38.8 Å². The maximum Gasteiger partial charge on any atom is 0.338 e. The Hall–Kier alpha value is -2.69. The van der Waals surface area contributed by atoms with E-state index in [4.69, 9.17) is 4.74 Å². The number of hydrogen-bond acceptors (Lipinski definition) is 4. The Balaban J connectivity index is 1.87. The van der Waals surface area contributed by atoms with Gasteiger partial charge in [0.2, 0.25) is 11.8 Å². The SMILES string of the molecule is C=C(C)C(=O)Oc1cccc(N2C(=O)[C@@H]3CC=C(C)C[C@H]3C2=O)c1. The van der Waals surface area contributed by atoms with Gasteiger partial charge in [0, 0.05) is 11.6 Å². The fourth-order valence-electron chi connectivity index (χ4n) is 3.17. The van der Waals surface area contributed by atoms with Crippen LogP contribution in [0.25, 0.3) is 0 Å². The topological polar surface area (TPSA) is 63.7 Å². The zero-order valence-electron chi connectivity index (χ0n) is 13.7. The van der Waals surface area contributed by atoms with Crippen molar-refractivity contribution in [2.24, 2.45) is 11.8 Å². The van der Waals surface area contributed by atoms with Gasteiger partial charge in [-0.3, -0.25) is 9.59 Å². The van der Waals surface area contributed by atoms with E-state index in [1.54, 1.807) is 25.1 Å². The number of ether oxygens (including phenoxy) is 1. The highest BCUT2D eigenvalue weighted by Crippen LogP contribution is 2.40. The van der Waals surface area contributed by atoms with E-state index >= 15 is 0 Å². The van der Waals surface area contributed by atoms with Crippen molar-refractivity contribution < 1.29 is 19.1 Å². The van der Waals surface area contributed by atoms with Crippen molar-refractivity contribution in [3.05, 3.63) is 48.1 Å². The monoisotopic (exact) mass is 325 g/mol. The minimum atomic E-state index is -0.542. The fraction of sp³-hybridized carbons (Fsp3) is 0.316. The van der Waals surface area contributed by atoms with Gasteiger partial charge in [-0.15, -0.1) is 0 Å². The number of anilines is 1. The van der Waals surface area contributed by atoms with Crippen molar-refractivity contribution in [2.45, 2.75) is 26.7 Å². The van der Waals surface area contributed by atoms with E-state index in [-0.39, 0.29) is 35.0 Å². The van der Waals surface area contributed by atoms with Crippen molar-refractivity contribution in [3.8, 4) is 5.75 Å². The fourth-order valence-corrected chi connectivity index (χ4v) is 3.17. The Morgan fingerprint density at radius 1 is 1.25 bits per heavy atom. The van der Waals surface area contributed by atoms with Gasteiger partial charge >= 0.3 is 5.97 Å². The molecular formula is C19H19NO4. The van der Waals surface area contributed by atoms with Gasteiger partial charge in [-0.1, -0.05) is 24.3 Å². The molecule has 1 aromatic carbocycles. The van der Waals surface area contributed by atoms with Gasteiger partial charge in [-0.2, -0.15) is 0 Å². The Bertz CT molecular complexity index is 777. The number of imide groups is 1. The Morgan fingerprint density at radius 2 is 1.96 bits per heavy atom. The third kappa shape index (κ3) is 2.77. The first-order chi connectivity index (χ1) is 11.4. The largest absolute Gasteiger partial charge is 0.423 e. The quantitative estimate of drug-likeness (QED) is 0.282. The molecule has 0 unspecified atom stereocenters. The summed E-state index contributed by atoms with van der Waals surface area (Å²) in [5.74, 6) is -1.20. The lowest BCUT2D eigenvalue weighted by Crippen LogP contribution is -2.30. The summed E-state index contributed by atoms with van der Waals surface area (Å²) in [7, 11) is 0. The summed E-state index contributed by atoms with van der Waals surface area (Å²) >= 11 is 0. The molecule has 1 aliphatic heterocycles. The van der Waals surface area contributed by atoms with Gasteiger partial charge in [-0.25, -0.2) is 9.69 Å². The molecule has 1 fully saturated rings. The third-order valence-electron chi connectivity index (χ3n) is 4.46. The van der Waals surface area contributed by atoms with Crippen LogP contribution in [0.2, 0.25) is 0 Å². The average Bonchev–Trinajstić information content (AvgIpc) is 2.78. The van der Waals surface area contributed by atoms with E-state index in [9.17, 15) is 14.4 Å². The number of fused-ring (bicyclic) bond motifs is 1. The molecule has 124 valence electrons. The first-order valence-corrected chi connectivity index (χ1v) is 7.89. The van der Waals surface area contributed by atoms with Gasteiger partial charge in [0.15, 0.2) is 0 Å². The van der Waals surface area contributed by atoms with Crippen LogP contribution in [-0.4, -0.2) is 17.8 Å². The first-order valence-electron chi connectivity index (χ1n) is 7.89. The van der Waals surface area contributed by atoms with Crippen LogP contribution in [0.1, 0.15) is 26.7 Å². The molecule has 5 heteroatoms. The van der Waals surface area contributed by atoms with Gasteiger partial charge in [0.05, 0.1) is 17.5 Å². The highest BCUT2D eigenvalue weighted by molar-refractivity contribution is 6.22. The second-order valence-electron chi connectivity index (χ2n) is 6.38. The predicted molar refractivity (Wildman–Crippen MR) is 89.4 cm³/mol. The van der Waals surface area contributed by atoms with Crippen molar-refractivity contribution in [2.75, 3.05) is 4.90 Å². The second-order valence-corrected chi connectivity index (χ2v) is 6.38. The minimum Gasteiger partial charge on any atom is -0.423 e. The summed E-state index contributed by atoms with van der Waals surface area (Å²) in [5, 5.41) is 0. The van der Waals surface area contributed by atoms with Gasteiger partial charge in [0.25, 0.3) is 0 Å². The molecule has 2 amide bonds. The maximum atomic E-state index is 12.7. The normalized spacial score (nSPS) is 22.9. The van der Waals surface area contributed by atoms with Crippen molar-refractivity contribution in [1.29, 1.82) is 0 Å². The van der Waals surface area contributed by atoms with Crippen molar-refractivity contribution in [3.63, 3.8) is 0 Å². The molecule has 0 radical (unpaired) electrons. The molecule has 0 bridgehead atoms. The van der Waals surface area contributed by atoms with Gasteiger partial charge in [0.1, 0.15) is 5.75 Å². The Kier molecular flexibility index (Phi) is 4.09. The first kappa shape index (κ1) is 16.2. The van der Waals surface area contributed by atoms with Crippen LogP contribution in [0, 0.1) is 11.8 Å². The van der Waals surface area contributed by atoms with Crippen molar-refractivity contribution in [1.82, 2.24) is 0 Å². The van der Waals surface area contributed by atoms with Crippen molar-refractivity contribution >= 4 is 23.5 Å². The number of esters is 1. The second kappa shape index (κ2) is 6.07. The number of rotatable bonds is 3. The number of carbonyl (C=O) groups is 3. The summed E-state index contributed by atoms with van der Waals surface area (Å²) in [6.07, 6.45) is 3.25. The molecule has 1 heterocycles. The molecule has 0 spiro atoms. The number of allylic oxidation sites excluding steroid dienone is 2. The predicted octanol–water partition coefficient (Wildman–Crippen LogP) is 3.01. The molecule has 1 saturated heterocycles. The van der Waals surface area contributed by atoms with Crippen LogP contribution in [0.5, 0.6) is 5.75 Å². The molecule has 2 atom stereocenters. The summed E-state index contributed by atoms with van der Waals surface area (Å²) in [6, 6.07) is 6.47. The van der Waals surface area contributed by atoms with E-state index < -0.39 is 5.97 Å². The average molecular weight is 325 g/mol. The zero-order chi connectivity index (χ0) is 17.4. The number of amides is 2. The van der Waals surface area contributed by atoms with E-state index in [0.29, 0.717) is 18.5 Å². The molecule has 1 aromatic rings. The van der Waals surface area contributed by atoms with Crippen LogP contribution < -0.4 is 9.64 Å². The molecule has 1 aliphatic carbocycles. The molecule has 3 rings (SSSR count). The van der Waals surface area contributed by atoms with Crippen LogP contribution >= 0.6 is 0 Å². The molecule has 24 heavy (non-hydrogen) atoms. The summed E-state index contributed by atoms with van der Waals surface area (Å²) in [4.78, 5) is 38.2. The highest BCUT2D eigenvalue weighted by atomic mass is 16.5. The van der Waals surface area contributed by atoms with Crippen LogP contribution in [0.4, 0.5) is 5.69 Å². The lowest BCUT2D eigenvalue weighted by Gasteiger charge is -2.18. The van der Waals surface area contributed by atoms with E-state index in [2.05, 4.69) is 6.58 Å². The Morgan fingerprint density at radius 3 is 2.67 bits per heavy atom. The molecule has 0 aromatic heterocycles. The molecule has 0 N–H and O–H groups in total. The summed E-state index contributed by atoms with van der Waals surface area (Å²) < 4.78 is 5.18. The summed E-state index contributed by atoms with van der Waals surface area (Å²) in [5.41, 5.74) is 1.86. The maximum absolute atomic E-state index is 12.7. The molecular weight excluding hydrogens is 306 g/mol. The molecule has 2 aliphatic rings. The smallest absolute Gasteiger partial charge is 0.338 e.